The Labute approximate surface area is 132 Å². The van der Waals surface area contributed by atoms with Gasteiger partial charge in [0.1, 0.15) is 0 Å². The van der Waals surface area contributed by atoms with Crippen molar-refractivity contribution in [3.8, 4) is 0 Å². The largest absolute Gasteiger partial charge is 0.423 e. The van der Waals surface area contributed by atoms with Gasteiger partial charge in [-0.2, -0.15) is 22.4 Å². The van der Waals surface area contributed by atoms with Crippen molar-refractivity contribution >= 4 is 46.9 Å². The minimum Gasteiger partial charge on any atom is -0.423 e. The van der Waals surface area contributed by atoms with Crippen LogP contribution in [0.3, 0.4) is 0 Å². The molecule has 0 spiro atoms. The zero-order valence-electron chi connectivity index (χ0n) is 13.5. The van der Waals surface area contributed by atoms with E-state index in [0.717, 1.165) is 0 Å². The highest BCUT2D eigenvalue weighted by Crippen LogP contribution is 2.33. The lowest BCUT2D eigenvalue weighted by molar-refractivity contribution is 0.423. The summed E-state index contributed by atoms with van der Waals surface area (Å²) in [6.45, 7) is 9.58. The summed E-state index contributed by atoms with van der Waals surface area (Å²) in [7, 11) is 2.08. The van der Waals surface area contributed by atoms with E-state index in [1.807, 2.05) is 14.2 Å². The maximum Gasteiger partial charge on any atom is 0.173 e. The van der Waals surface area contributed by atoms with Gasteiger partial charge in [-0.05, 0) is 49.5 Å². The standard InChI is InChI=1S/C12H32O2S2Si3/c1-13-17(3)11-7-9-15-19(5,6)16-10-8-12-18(4)14-2/h17-18H,7-12H2,1-6H3. The molecule has 0 saturated carbocycles. The van der Waals surface area contributed by atoms with Crippen LogP contribution in [-0.4, -0.2) is 50.2 Å². The predicted molar refractivity (Wildman–Crippen MR) is 101 cm³/mol. The highest BCUT2D eigenvalue weighted by atomic mass is 32.6. The van der Waals surface area contributed by atoms with Crippen LogP contribution in [0.1, 0.15) is 12.8 Å². The molecule has 2 unspecified atom stereocenters. The zero-order valence-corrected chi connectivity index (χ0v) is 18.5. The molecule has 0 aliphatic heterocycles. The Hall–Kier alpha value is 1.27. The van der Waals surface area contributed by atoms with Crippen LogP contribution in [0.5, 0.6) is 0 Å². The molecule has 116 valence electrons. The average molecular weight is 357 g/mol. The molecule has 0 fully saturated rings. The Bertz CT molecular complexity index is 201. The third kappa shape index (κ3) is 12.7. The van der Waals surface area contributed by atoms with Crippen LogP contribution in [0.15, 0.2) is 0 Å². The lowest BCUT2D eigenvalue weighted by atomic mass is 10.6. The molecule has 0 N–H and O–H groups in total. The topological polar surface area (TPSA) is 18.5 Å². The smallest absolute Gasteiger partial charge is 0.173 e. The van der Waals surface area contributed by atoms with E-state index in [1.165, 1.54) is 36.4 Å². The first-order valence-electron chi connectivity index (χ1n) is 7.24. The van der Waals surface area contributed by atoms with E-state index >= 15 is 0 Å². The SMILES string of the molecule is CO[SiH](C)CCCS[Si](C)(C)SCCC[SiH](C)OC. The molecular weight excluding hydrogens is 325 g/mol. The first kappa shape index (κ1) is 20.3. The molecule has 19 heavy (non-hydrogen) atoms. The van der Waals surface area contributed by atoms with Gasteiger partial charge in [0.2, 0.25) is 0 Å². The van der Waals surface area contributed by atoms with Crippen LogP contribution in [0.4, 0.5) is 0 Å². The van der Waals surface area contributed by atoms with Crippen LogP contribution in [0.2, 0.25) is 38.3 Å². The van der Waals surface area contributed by atoms with Crippen molar-refractivity contribution in [1.29, 1.82) is 0 Å². The minimum atomic E-state index is -1.09. The van der Waals surface area contributed by atoms with Gasteiger partial charge in [-0.25, -0.2) is 0 Å². The van der Waals surface area contributed by atoms with Gasteiger partial charge >= 0.3 is 0 Å². The molecule has 0 saturated heterocycles. The van der Waals surface area contributed by atoms with Gasteiger partial charge in [0, 0.05) is 14.2 Å². The fourth-order valence-electron chi connectivity index (χ4n) is 1.65. The Morgan fingerprint density at radius 2 is 1.21 bits per heavy atom. The van der Waals surface area contributed by atoms with Gasteiger partial charge in [-0.15, -0.1) is 0 Å². The molecule has 0 heterocycles. The van der Waals surface area contributed by atoms with Crippen molar-refractivity contribution in [2.75, 3.05) is 25.7 Å². The molecule has 0 rings (SSSR count). The maximum atomic E-state index is 5.42. The minimum absolute atomic E-state index is 0.823. The summed E-state index contributed by atoms with van der Waals surface area (Å²) in [6.07, 6.45) is 1.60. The fourth-order valence-corrected chi connectivity index (χ4v) is 12.3. The van der Waals surface area contributed by atoms with Crippen LogP contribution < -0.4 is 0 Å². The van der Waals surface area contributed by atoms with E-state index in [-0.39, 0.29) is 0 Å². The number of hydrogen-bond donors (Lipinski definition) is 0. The molecule has 0 aromatic heterocycles. The Kier molecular flexibility index (Phi) is 12.7. The Balaban J connectivity index is 3.57. The van der Waals surface area contributed by atoms with Crippen molar-refractivity contribution in [3.05, 3.63) is 0 Å². The number of hydrogen-bond acceptors (Lipinski definition) is 4. The van der Waals surface area contributed by atoms with E-state index in [4.69, 9.17) is 8.85 Å². The van der Waals surface area contributed by atoms with Gasteiger partial charge in [0.15, 0.2) is 24.5 Å². The highest BCUT2D eigenvalue weighted by molar-refractivity contribution is 8.58. The average Bonchev–Trinajstić information content (AvgIpc) is 2.39. The maximum absolute atomic E-state index is 5.42. The number of rotatable bonds is 12. The molecule has 0 aromatic rings. The third-order valence-electron chi connectivity index (χ3n) is 3.21. The highest BCUT2D eigenvalue weighted by Gasteiger charge is 2.21. The van der Waals surface area contributed by atoms with E-state index in [2.05, 4.69) is 48.6 Å². The molecule has 0 bridgehead atoms. The van der Waals surface area contributed by atoms with Crippen LogP contribution in [-0.2, 0) is 8.85 Å². The zero-order chi connectivity index (χ0) is 14.7. The van der Waals surface area contributed by atoms with E-state index in [0.29, 0.717) is 0 Å². The van der Waals surface area contributed by atoms with Crippen molar-refractivity contribution in [3.63, 3.8) is 0 Å². The van der Waals surface area contributed by atoms with Gasteiger partial charge in [0.05, 0.1) is 0 Å². The van der Waals surface area contributed by atoms with Crippen LogP contribution >= 0.6 is 22.4 Å². The van der Waals surface area contributed by atoms with Crippen LogP contribution in [0, 0.1) is 0 Å². The fraction of sp³-hybridized carbons (Fsp3) is 1.00. The van der Waals surface area contributed by atoms with E-state index < -0.39 is 24.5 Å². The second-order valence-electron chi connectivity index (χ2n) is 5.47. The molecule has 0 aliphatic rings. The van der Waals surface area contributed by atoms with E-state index in [1.54, 1.807) is 0 Å². The lowest BCUT2D eigenvalue weighted by Gasteiger charge is -2.21. The summed E-state index contributed by atoms with van der Waals surface area (Å²) in [5.41, 5.74) is 0. The molecule has 0 aromatic carbocycles. The van der Waals surface area contributed by atoms with Crippen molar-refractivity contribution < 1.29 is 8.85 Å². The van der Waals surface area contributed by atoms with Gasteiger partial charge in [-0.3, -0.25) is 0 Å². The summed E-state index contributed by atoms with van der Waals surface area (Å²) in [5.74, 6) is 2.66. The van der Waals surface area contributed by atoms with Gasteiger partial charge in [0.25, 0.3) is 0 Å². The lowest BCUT2D eigenvalue weighted by Crippen LogP contribution is -2.19. The first-order valence-corrected chi connectivity index (χ1v) is 18.6. The summed E-state index contributed by atoms with van der Waals surface area (Å²) < 4.78 is 10.8. The predicted octanol–water partition coefficient (Wildman–Crippen LogP) is 3.93. The van der Waals surface area contributed by atoms with Crippen LogP contribution in [0.25, 0.3) is 0 Å². The summed E-state index contributed by atoms with van der Waals surface area (Å²) >= 11 is 4.49. The summed E-state index contributed by atoms with van der Waals surface area (Å²) in [4.78, 5) is 0. The Morgan fingerprint density at radius 1 is 0.842 bits per heavy atom. The molecular formula is C12H32O2S2Si3. The monoisotopic (exact) mass is 356 g/mol. The molecule has 0 aliphatic carbocycles. The Morgan fingerprint density at radius 3 is 1.53 bits per heavy atom. The van der Waals surface area contributed by atoms with E-state index in [9.17, 15) is 0 Å². The van der Waals surface area contributed by atoms with Gasteiger partial charge < -0.3 is 8.85 Å². The van der Waals surface area contributed by atoms with Gasteiger partial charge in [-0.1, -0.05) is 13.1 Å². The summed E-state index contributed by atoms with van der Waals surface area (Å²) in [5, 5.41) is 0. The molecule has 2 atom stereocenters. The second-order valence-corrected chi connectivity index (χ2v) is 23.6. The molecule has 2 nitrogen and oxygen atoms in total. The van der Waals surface area contributed by atoms with Crippen molar-refractivity contribution in [2.45, 2.75) is 51.1 Å². The second kappa shape index (κ2) is 11.9. The molecule has 0 amide bonds. The third-order valence-corrected chi connectivity index (χ3v) is 17.2. The quantitative estimate of drug-likeness (QED) is 0.389. The normalized spacial score (nSPS) is 15.5. The van der Waals surface area contributed by atoms with Crippen molar-refractivity contribution in [1.82, 2.24) is 0 Å². The molecule has 0 radical (unpaired) electrons. The van der Waals surface area contributed by atoms with Crippen molar-refractivity contribution in [2.24, 2.45) is 0 Å². The molecule has 7 heteroatoms. The summed E-state index contributed by atoms with van der Waals surface area (Å²) in [6, 6.07) is 2.66. The first-order chi connectivity index (χ1) is 8.91.